The van der Waals surface area contributed by atoms with Gasteiger partial charge in [-0.15, -0.1) is 0 Å². The minimum atomic E-state index is -0.480. The van der Waals surface area contributed by atoms with Crippen molar-refractivity contribution in [2.24, 2.45) is 17.6 Å². The molecule has 1 heterocycles. The molecular weight excluding hydrogens is 336 g/mol. The third kappa shape index (κ3) is 5.07. The van der Waals surface area contributed by atoms with E-state index < -0.39 is 5.91 Å². The van der Waals surface area contributed by atoms with Crippen LogP contribution >= 0.6 is 0 Å². The van der Waals surface area contributed by atoms with Crippen LogP contribution in [0.25, 0.3) is 22.0 Å². The van der Waals surface area contributed by atoms with Crippen molar-refractivity contribution in [1.29, 1.82) is 0 Å². The number of hydrogen-bond donors (Lipinski definition) is 2. The molecule has 3 aromatic rings. The Balaban J connectivity index is 0.000000380. The van der Waals surface area contributed by atoms with E-state index in [1.54, 1.807) is 18.3 Å². The van der Waals surface area contributed by atoms with Crippen molar-refractivity contribution >= 4 is 22.6 Å². The van der Waals surface area contributed by atoms with Gasteiger partial charge in [0.15, 0.2) is 5.78 Å². The number of carbonyl (C=O) groups excluding carboxylic acids is 2. The van der Waals surface area contributed by atoms with E-state index in [4.69, 9.17) is 5.73 Å². The number of hydrogen-bond acceptors (Lipinski definition) is 2. The van der Waals surface area contributed by atoms with Crippen molar-refractivity contribution in [3.8, 4) is 11.1 Å². The third-order valence-corrected chi connectivity index (χ3v) is 4.86. The number of benzene rings is 2. The minimum Gasteiger partial charge on any atom is -0.366 e. The lowest BCUT2D eigenvalue weighted by Crippen LogP contribution is -2.11. The van der Waals surface area contributed by atoms with Gasteiger partial charge in [-0.05, 0) is 54.2 Å². The Kier molecular flexibility index (Phi) is 6.56. The fraction of sp³-hybridized carbons (Fsp3) is 0.304. The molecule has 142 valence electrons. The van der Waals surface area contributed by atoms with Crippen molar-refractivity contribution < 1.29 is 9.59 Å². The SMILES string of the molecule is CC(=O)c1cccc(-c2cc(C(N)=O)c3[nH]ccc3c2)c1.CC(C)C(C)C. The molecule has 0 saturated carbocycles. The van der Waals surface area contributed by atoms with Gasteiger partial charge in [-0.25, -0.2) is 0 Å². The molecule has 4 heteroatoms. The summed E-state index contributed by atoms with van der Waals surface area (Å²) in [6, 6.07) is 12.9. The van der Waals surface area contributed by atoms with Crippen LogP contribution in [0.15, 0.2) is 48.7 Å². The summed E-state index contributed by atoms with van der Waals surface area (Å²) in [6.07, 6.45) is 1.77. The lowest BCUT2D eigenvalue weighted by Gasteiger charge is -2.07. The molecule has 0 aliphatic heterocycles. The average molecular weight is 364 g/mol. The first-order valence-electron chi connectivity index (χ1n) is 9.23. The number of aromatic nitrogens is 1. The highest BCUT2D eigenvalue weighted by Gasteiger charge is 2.11. The molecule has 1 amide bonds. The van der Waals surface area contributed by atoms with E-state index in [0.29, 0.717) is 11.1 Å². The van der Waals surface area contributed by atoms with E-state index in [1.807, 2.05) is 30.3 Å². The normalized spacial score (nSPS) is 10.8. The number of Topliss-reactive ketones (excluding diaryl/α,β-unsaturated/α-hetero) is 1. The summed E-state index contributed by atoms with van der Waals surface area (Å²) < 4.78 is 0. The molecule has 0 spiro atoms. The molecule has 4 nitrogen and oxygen atoms in total. The highest BCUT2D eigenvalue weighted by Crippen LogP contribution is 2.27. The van der Waals surface area contributed by atoms with Gasteiger partial charge in [-0.2, -0.15) is 0 Å². The lowest BCUT2D eigenvalue weighted by atomic mass is 9.98. The maximum absolute atomic E-state index is 11.6. The highest BCUT2D eigenvalue weighted by molar-refractivity contribution is 6.07. The van der Waals surface area contributed by atoms with E-state index in [1.165, 1.54) is 6.92 Å². The Labute approximate surface area is 160 Å². The molecule has 3 rings (SSSR count). The predicted molar refractivity (Wildman–Crippen MR) is 112 cm³/mol. The van der Waals surface area contributed by atoms with Gasteiger partial charge in [0, 0.05) is 17.1 Å². The summed E-state index contributed by atoms with van der Waals surface area (Å²) in [5, 5.41) is 0.912. The fourth-order valence-electron chi connectivity index (χ4n) is 2.45. The maximum atomic E-state index is 11.6. The molecule has 3 N–H and O–H groups in total. The number of fused-ring (bicyclic) bond motifs is 1. The molecule has 0 bridgehead atoms. The number of nitrogens with two attached hydrogens (primary N) is 1. The summed E-state index contributed by atoms with van der Waals surface area (Å²) >= 11 is 0. The summed E-state index contributed by atoms with van der Waals surface area (Å²) in [4.78, 5) is 26.1. The Bertz CT molecular complexity index is 946. The zero-order chi connectivity index (χ0) is 20.1. The number of H-pyrrole nitrogens is 1. The van der Waals surface area contributed by atoms with Gasteiger partial charge in [-0.1, -0.05) is 45.9 Å². The smallest absolute Gasteiger partial charge is 0.250 e. The van der Waals surface area contributed by atoms with E-state index in [9.17, 15) is 9.59 Å². The fourth-order valence-corrected chi connectivity index (χ4v) is 2.45. The molecular formula is C23H28N2O2. The zero-order valence-electron chi connectivity index (χ0n) is 16.7. The first kappa shape index (κ1) is 20.4. The predicted octanol–water partition coefficient (Wildman–Crippen LogP) is 5.43. The monoisotopic (exact) mass is 364 g/mol. The minimum absolute atomic E-state index is 0.00898. The second-order valence-corrected chi connectivity index (χ2v) is 7.45. The average Bonchev–Trinajstić information content (AvgIpc) is 3.09. The van der Waals surface area contributed by atoms with Crippen LogP contribution in [-0.4, -0.2) is 16.7 Å². The van der Waals surface area contributed by atoms with E-state index >= 15 is 0 Å². The molecule has 0 saturated heterocycles. The molecule has 2 aromatic carbocycles. The molecule has 0 aliphatic carbocycles. The second-order valence-electron chi connectivity index (χ2n) is 7.45. The van der Waals surface area contributed by atoms with E-state index in [0.717, 1.165) is 33.9 Å². The zero-order valence-corrected chi connectivity index (χ0v) is 16.7. The molecule has 0 radical (unpaired) electrons. The Morgan fingerprint density at radius 3 is 2.15 bits per heavy atom. The van der Waals surface area contributed by atoms with E-state index in [2.05, 4.69) is 32.7 Å². The van der Waals surface area contributed by atoms with Crippen LogP contribution in [0.2, 0.25) is 0 Å². The van der Waals surface area contributed by atoms with Crippen LogP contribution < -0.4 is 5.73 Å². The van der Waals surface area contributed by atoms with Gasteiger partial charge in [0.2, 0.25) is 0 Å². The van der Waals surface area contributed by atoms with Crippen molar-refractivity contribution in [3.05, 3.63) is 59.8 Å². The first-order chi connectivity index (χ1) is 12.7. The van der Waals surface area contributed by atoms with Crippen LogP contribution in [0.5, 0.6) is 0 Å². The van der Waals surface area contributed by atoms with Crippen LogP contribution in [0.3, 0.4) is 0 Å². The number of ketones is 1. The molecule has 1 aromatic heterocycles. The number of nitrogens with one attached hydrogen (secondary N) is 1. The van der Waals surface area contributed by atoms with Gasteiger partial charge < -0.3 is 10.7 Å². The molecule has 0 aliphatic rings. The standard InChI is InChI=1S/C17H14N2O2.C6H14/c1-10(20)11-3-2-4-12(7-11)14-8-13-5-6-19-16(13)15(9-14)17(18)21;1-5(2)6(3)4/h2-9,19H,1H3,(H2,18,21);5-6H,1-4H3. The van der Waals surface area contributed by atoms with Gasteiger partial charge >= 0.3 is 0 Å². The number of amides is 1. The van der Waals surface area contributed by atoms with Crippen LogP contribution in [-0.2, 0) is 0 Å². The summed E-state index contributed by atoms with van der Waals surface area (Å²) in [5.41, 5.74) is 9.01. The first-order valence-corrected chi connectivity index (χ1v) is 9.23. The molecule has 0 unspecified atom stereocenters. The second kappa shape index (κ2) is 8.67. The lowest BCUT2D eigenvalue weighted by molar-refractivity contribution is 0.0997. The summed E-state index contributed by atoms with van der Waals surface area (Å²) in [5.74, 6) is 1.23. The van der Waals surface area contributed by atoms with Crippen molar-refractivity contribution in [2.45, 2.75) is 34.6 Å². The summed E-state index contributed by atoms with van der Waals surface area (Å²) in [7, 11) is 0. The van der Waals surface area contributed by atoms with Gasteiger partial charge in [-0.3, -0.25) is 9.59 Å². The van der Waals surface area contributed by atoms with Gasteiger partial charge in [0.1, 0.15) is 0 Å². The number of aromatic amines is 1. The van der Waals surface area contributed by atoms with Gasteiger partial charge in [0.25, 0.3) is 5.91 Å². The van der Waals surface area contributed by atoms with Crippen molar-refractivity contribution in [1.82, 2.24) is 4.98 Å². The third-order valence-electron chi connectivity index (χ3n) is 4.86. The van der Waals surface area contributed by atoms with Crippen LogP contribution in [0.1, 0.15) is 55.3 Å². The van der Waals surface area contributed by atoms with Crippen LogP contribution in [0.4, 0.5) is 0 Å². The number of carbonyl (C=O) groups is 2. The molecule has 0 fully saturated rings. The Hall–Kier alpha value is -2.88. The molecule has 0 atom stereocenters. The Morgan fingerprint density at radius 2 is 1.59 bits per heavy atom. The largest absolute Gasteiger partial charge is 0.366 e. The Morgan fingerprint density at radius 1 is 0.926 bits per heavy atom. The van der Waals surface area contributed by atoms with E-state index in [-0.39, 0.29) is 5.78 Å². The summed E-state index contributed by atoms with van der Waals surface area (Å²) in [6.45, 7) is 10.5. The maximum Gasteiger partial charge on any atom is 0.250 e. The van der Waals surface area contributed by atoms with Gasteiger partial charge in [0.05, 0.1) is 11.1 Å². The molecule has 27 heavy (non-hydrogen) atoms. The van der Waals surface area contributed by atoms with Crippen molar-refractivity contribution in [3.63, 3.8) is 0 Å². The van der Waals surface area contributed by atoms with Crippen molar-refractivity contribution in [2.75, 3.05) is 0 Å². The topological polar surface area (TPSA) is 76.0 Å². The number of rotatable bonds is 4. The van der Waals surface area contributed by atoms with Crippen LogP contribution in [0, 0.1) is 11.8 Å². The highest BCUT2D eigenvalue weighted by atomic mass is 16.1. The number of primary amides is 1. The quantitative estimate of drug-likeness (QED) is 0.605.